The molecular weight excluding hydrogens is 442 g/mol. The minimum absolute atomic E-state index is 0.107. The summed E-state index contributed by atoms with van der Waals surface area (Å²) in [6.07, 6.45) is 0. The highest BCUT2D eigenvalue weighted by molar-refractivity contribution is 6.31. The molecule has 0 bridgehead atoms. The van der Waals surface area contributed by atoms with E-state index >= 15 is 0 Å². The van der Waals surface area contributed by atoms with Gasteiger partial charge in [-0.2, -0.15) is 0 Å². The SMILES string of the molecule is COC(=O)C(c1ccccc1Cl)N1CCN(C(=O)c2ccc(C(=O)NC(C)(C)C)cc2)CC1. The zero-order chi connectivity index (χ0) is 24.2. The van der Waals surface area contributed by atoms with Crippen LogP contribution in [0, 0.1) is 0 Å². The average Bonchev–Trinajstić information content (AvgIpc) is 2.79. The summed E-state index contributed by atoms with van der Waals surface area (Å²) in [5.41, 5.74) is 1.38. The van der Waals surface area contributed by atoms with Crippen molar-refractivity contribution < 1.29 is 19.1 Å². The highest BCUT2D eigenvalue weighted by Gasteiger charge is 2.33. The van der Waals surface area contributed by atoms with Gasteiger partial charge in [0, 0.05) is 47.9 Å². The van der Waals surface area contributed by atoms with Gasteiger partial charge in [0.15, 0.2) is 0 Å². The topological polar surface area (TPSA) is 79.0 Å². The van der Waals surface area contributed by atoms with E-state index < -0.39 is 6.04 Å². The largest absolute Gasteiger partial charge is 0.468 e. The Hall–Kier alpha value is -2.90. The number of piperazine rings is 1. The van der Waals surface area contributed by atoms with Crippen LogP contribution in [0.25, 0.3) is 0 Å². The fraction of sp³-hybridized carbons (Fsp3) is 0.400. The van der Waals surface area contributed by atoms with Crippen molar-refractivity contribution in [2.45, 2.75) is 32.4 Å². The third kappa shape index (κ3) is 6.12. The van der Waals surface area contributed by atoms with Crippen molar-refractivity contribution in [3.8, 4) is 0 Å². The molecule has 1 aliphatic heterocycles. The van der Waals surface area contributed by atoms with E-state index in [9.17, 15) is 14.4 Å². The van der Waals surface area contributed by atoms with Crippen LogP contribution in [0.2, 0.25) is 5.02 Å². The molecule has 1 fully saturated rings. The molecule has 0 aliphatic carbocycles. The van der Waals surface area contributed by atoms with Crippen molar-refractivity contribution >= 4 is 29.4 Å². The predicted octanol–water partition coefficient (Wildman–Crippen LogP) is 3.54. The number of amides is 2. The van der Waals surface area contributed by atoms with Crippen molar-refractivity contribution in [1.29, 1.82) is 0 Å². The number of rotatable bonds is 5. The number of nitrogens with zero attached hydrogens (tertiary/aromatic N) is 2. The van der Waals surface area contributed by atoms with E-state index in [1.54, 1.807) is 35.2 Å². The van der Waals surface area contributed by atoms with Gasteiger partial charge in [0.25, 0.3) is 11.8 Å². The first-order valence-corrected chi connectivity index (χ1v) is 11.3. The lowest BCUT2D eigenvalue weighted by molar-refractivity contribution is -0.148. The van der Waals surface area contributed by atoms with Crippen LogP contribution in [-0.2, 0) is 9.53 Å². The zero-order valence-electron chi connectivity index (χ0n) is 19.4. The van der Waals surface area contributed by atoms with Gasteiger partial charge in [-0.3, -0.25) is 14.5 Å². The number of methoxy groups -OCH3 is 1. The highest BCUT2D eigenvalue weighted by atomic mass is 35.5. The Balaban J connectivity index is 1.66. The number of ether oxygens (including phenoxy) is 1. The summed E-state index contributed by atoms with van der Waals surface area (Å²) >= 11 is 6.34. The van der Waals surface area contributed by atoms with Crippen molar-refractivity contribution in [2.75, 3.05) is 33.3 Å². The average molecular weight is 472 g/mol. The number of carbonyl (C=O) groups is 3. The van der Waals surface area contributed by atoms with Crippen LogP contribution in [0.4, 0.5) is 0 Å². The van der Waals surface area contributed by atoms with Crippen molar-refractivity contribution in [2.24, 2.45) is 0 Å². The maximum atomic E-state index is 13.0. The molecule has 2 amide bonds. The Bertz CT molecular complexity index is 1010. The molecule has 0 radical (unpaired) electrons. The first-order chi connectivity index (χ1) is 15.6. The number of esters is 1. The molecule has 2 aromatic rings. The molecule has 2 aromatic carbocycles. The molecule has 176 valence electrons. The lowest BCUT2D eigenvalue weighted by atomic mass is 10.0. The maximum Gasteiger partial charge on any atom is 0.327 e. The molecule has 7 nitrogen and oxygen atoms in total. The number of hydrogen-bond donors (Lipinski definition) is 1. The molecule has 1 N–H and O–H groups in total. The minimum atomic E-state index is -0.624. The van der Waals surface area contributed by atoms with E-state index in [0.29, 0.717) is 47.9 Å². The Morgan fingerprint density at radius 3 is 2.06 bits per heavy atom. The van der Waals surface area contributed by atoms with Gasteiger partial charge in [0.1, 0.15) is 6.04 Å². The molecule has 1 aliphatic rings. The van der Waals surface area contributed by atoms with Crippen molar-refractivity contribution in [1.82, 2.24) is 15.1 Å². The van der Waals surface area contributed by atoms with E-state index in [1.165, 1.54) is 7.11 Å². The number of hydrogen-bond acceptors (Lipinski definition) is 5. The van der Waals surface area contributed by atoms with Crippen LogP contribution in [0.15, 0.2) is 48.5 Å². The molecule has 3 rings (SSSR count). The summed E-state index contributed by atoms with van der Waals surface area (Å²) in [7, 11) is 1.36. The number of halogens is 1. The second-order valence-corrected chi connectivity index (χ2v) is 9.46. The molecule has 1 saturated heterocycles. The third-order valence-electron chi connectivity index (χ3n) is 5.47. The van der Waals surface area contributed by atoms with Crippen LogP contribution in [0.5, 0.6) is 0 Å². The van der Waals surface area contributed by atoms with E-state index in [4.69, 9.17) is 16.3 Å². The van der Waals surface area contributed by atoms with E-state index in [-0.39, 0.29) is 23.3 Å². The zero-order valence-corrected chi connectivity index (χ0v) is 20.2. The molecule has 0 aromatic heterocycles. The Morgan fingerprint density at radius 2 is 1.52 bits per heavy atom. The second-order valence-electron chi connectivity index (χ2n) is 9.06. The highest BCUT2D eigenvalue weighted by Crippen LogP contribution is 2.29. The summed E-state index contributed by atoms with van der Waals surface area (Å²) in [5.74, 6) is -0.666. The molecule has 8 heteroatoms. The van der Waals surface area contributed by atoms with Crippen LogP contribution in [0.1, 0.15) is 53.1 Å². The van der Waals surface area contributed by atoms with Gasteiger partial charge in [-0.15, -0.1) is 0 Å². The van der Waals surface area contributed by atoms with Gasteiger partial charge in [0.2, 0.25) is 0 Å². The second kappa shape index (κ2) is 10.4. The van der Waals surface area contributed by atoms with Crippen LogP contribution in [-0.4, -0.2) is 66.4 Å². The smallest absolute Gasteiger partial charge is 0.327 e. The van der Waals surface area contributed by atoms with E-state index in [2.05, 4.69) is 5.32 Å². The first kappa shape index (κ1) is 24.7. The first-order valence-electron chi connectivity index (χ1n) is 10.9. The standard InChI is InChI=1S/C25H30ClN3O4/c1-25(2,3)27-22(30)17-9-11-18(12-10-17)23(31)29-15-13-28(14-16-29)21(24(32)33-4)19-7-5-6-8-20(19)26/h5-12,21H,13-16H2,1-4H3,(H,27,30). The fourth-order valence-corrected chi connectivity index (χ4v) is 4.06. The summed E-state index contributed by atoms with van der Waals surface area (Å²) in [6, 6.07) is 13.3. The Labute approximate surface area is 199 Å². The number of carbonyl (C=O) groups excluding carboxylic acids is 3. The molecule has 1 unspecified atom stereocenters. The molecular formula is C25H30ClN3O4. The monoisotopic (exact) mass is 471 g/mol. The van der Waals surface area contributed by atoms with Gasteiger partial charge in [0.05, 0.1) is 7.11 Å². The maximum absolute atomic E-state index is 13.0. The van der Waals surface area contributed by atoms with Gasteiger partial charge in [-0.1, -0.05) is 29.8 Å². The Morgan fingerprint density at radius 1 is 0.939 bits per heavy atom. The van der Waals surface area contributed by atoms with Crippen LogP contribution in [0.3, 0.4) is 0 Å². The fourth-order valence-electron chi connectivity index (χ4n) is 3.82. The van der Waals surface area contributed by atoms with Gasteiger partial charge in [-0.25, -0.2) is 4.79 Å². The number of benzene rings is 2. The summed E-state index contributed by atoms with van der Waals surface area (Å²) in [6.45, 7) is 7.68. The lowest BCUT2D eigenvalue weighted by Crippen LogP contribution is -2.51. The van der Waals surface area contributed by atoms with Gasteiger partial charge < -0.3 is 15.0 Å². The van der Waals surface area contributed by atoms with Gasteiger partial charge in [-0.05, 0) is 56.7 Å². The molecule has 0 saturated carbocycles. The Kier molecular flexibility index (Phi) is 7.76. The normalized spacial score (nSPS) is 15.6. The van der Waals surface area contributed by atoms with Crippen molar-refractivity contribution in [3.05, 3.63) is 70.2 Å². The summed E-state index contributed by atoms with van der Waals surface area (Å²) < 4.78 is 5.03. The van der Waals surface area contributed by atoms with Crippen molar-refractivity contribution in [3.63, 3.8) is 0 Å². The van der Waals surface area contributed by atoms with Crippen LogP contribution >= 0.6 is 11.6 Å². The molecule has 1 atom stereocenters. The van der Waals surface area contributed by atoms with Crippen LogP contribution < -0.4 is 5.32 Å². The summed E-state index contributed by atoms with van der Waals surface area (Å²) in [4.78, 5) is 41.6. The predicted molar refractivity (Wildman–Crippen MR) is 127 cm³/mol. The number of nitrogens with one attached hydrogen (secondary N) is 1. The van der Waals surface area contributed by atoms with E-state index in [1.807, 2.05) is 43.9 Å². The quantitative estimate of drug-likeness (QED) is 0.675. The molecule has 33 heavy (non-hydrogen) atoms. The summed E-state index contributed by atoms with van der Waals surface area (Å²) in [5, 5.41) is 3.41. The third-order valence-corrected chi connectivity index (χ3v) is 5.82. The van der Waals surface area contributed by atoms with Gasteiger partial charge >= 0.3 is 5.97 Å². The van der Waals surface area contributed by atoms with E-state index in [0.717, 1.165) is 0 Å². The minimum Gasteiger partial charge on any atom is -0.468 e. The molecule has 0 spiro atoms. The lowest BCUT2D eigenvalue weighted by Gasteiger charge is -2.38. The molecule has 1 heterocycles.